The monoisotopic (exact) mass is 252 g/mol. The zero-order valence-corrected chi connectivity index (χ0v) is 11.1. The summed E-state index contributed by atoms with van der Waals surface area (Å²) in [5, 5.41) is 0. The van der Waals surface area contributed by atoms with Crippen LogP contribution in [-0.2, 0) is 4.79 Å². The standard InChI is InChI=1S/C17H16O2/c1-13-8-10-16(11-9-13)19-17(18)14(2)12-15-6-4-3-5-7-15/h3-12H,1-2H3. The lowest BCUT2D eigenvalue weighted by atomic mass is 10.1. The highest BCUT2D eigenvalue weighted by atomic mass is 16.5. The molecule has 0 saturated heterocycles. The van der Waals surface area contributed by atoms with Crippen LogP contribution in [0.3, 0.4) is 0 Å². The SMILES string of the molecule is CC(=Cc1ccccc1)C(=O)Oc1ccc(C)cc1. The fraction of sp³-hybridized carbons (Fsp3) is 0.118. The molecule has 0 N–H and O–H groups in total. The Kier molecular flexibility index (Phi) is 4.14. The van der Waals surface area contributed by atoms with Crippen LogP contribution in [0.1, 0.15) is 18.1 Å². The van der Waals surface area contributed by atoms with Gasteiger partial charge in [0, 0.05) is 5.57 Å². The Labute approximate surface area is 113 Å². The van der Waals surface area contributed by atoms with Crippen LogP contribution in [0.4, 0.5) is 0 Å². The van der Waals surface area contributed by atoms with Gasteiger partial charge in [0.1, 0.15) is 5.75 Å². The van der Waals surface area contributed by atoms with E-state index in [0.717, 1.165) is 11.1 Å². The predicted octanol–water partition coefficient (Wildman–Crippen LogP) is 4.00. The molecule has 0 unspecified atom stereocenters. The third-order valence-electron chi connectivity index (χ3n) is 2.74. The number of carbonyl (C=O) groups excluding carboxylic acids is 1. The maximum atomic E-state index is 11.9. The highest BCUT2D eigenvalue weighted by Gasteiger charge is 2.07. The summed E-state index contributed by atoms with van der Waals surface area (Å²) in [7, 11) is 0. The molecular weight excluding hydrogens is 236 g/mol. The number of hydrogen-bond donors (Lipinski definition) is 0. The Morgan fingerprint density at radius 1 is 1.00 bits per heavy atom. The van der Waals surface area contributed by atoms with Crippen LogP contribution in [-0.4, -0.2) is 5.97 Å². The van der Waals surface area contributed by atoms with Gasteiger partial charge in [-0.3, -0.25) is 0 Å². The molecule has 0 aromatic heterocycles. The van der Waals surface area contributed by atoms with E-state index < -0.39 is 0 Å². The van der Waals surface area contributed by atoms with E-state index in [1.165, 1.54) is 0 Å². The molecule has 0 fully saturated rings. The Morgan fingerprint density at radius 3 is 2.26 bits per heavy atom. The van der Waals surface area contributed by atoms with Crippen molar-refractivity contribution in [1.82, 2.24) is 0 Å². The molecule has 0 saturated carbocycles. The third kappa shape index (κ3) is 3.81. The van der Waals surface area contributed by atoms with Crippen LogP contribution < -0.4 is 4.74 Å². The third-order valence-corrected chi connectivity index (χ3v) is 2.74. The summed E-state index contributed by atoms with van der Waals surface area (Å²) in [4.78, 5) is 11.9. The minimum atomic E-state index is -0.326. The number of esters is 1. The minimum absolute atomic E-state index is 0.326. The van der Waals surface area contributed by atoms with Crippen molar-refractivity contribution in [3.05, 3.63) is 71.3 Å². The molecule has 0 aliphatic carbocycles. The molecule has 2 aromatic rings. The first-order valence-corrected chi connectivity index (χ1v) is 6.17. The van der Waals surface area contributed by atoms with E-state index in [9.17, 15) is 4.79 Å². The van der Waals surface area contributed by atoms with Gasteiger partial charge in [-0.1, -0.05) is 48.0 Å². The van der Waals surface area contributed by atoms with Crippen molar-refractivity contribution in [3.8, 4) is 5.75 Å². The van der Waals surface area contributed by atoms with E-state index in [0.29, 0.717) is 11.3 Å². The number of carbonyl (C=O) groups is 1. The molecule has 0 atom stereocenters. The molecule has 96 valence electrons. The molecule has 0 radical (unpaired) electrons. The maximum Gasteiger partial charge on any atom is 0.339 e. The van der Waals surface area contributed by atoms with E-state index in [2.05, 4.69) is 0 Å². The molecule has 2 heteroatoms. The van der Waals surface area contributed by atoms with E-state index in [1.807, 2.05) is 55.5 Å². The average Bonchev–Trinajstić information content (AvgIpc) is 2.42. The van der Waals surface area contributed by atoms with Crippen molar-refractivity contribution < 1.29 is 9.53 Å². The first kappa shape index (κ1) is 13.1. The summed E-state index contributed by atoms with van der Waals surface area (Å²) in [5.41, 5.74) is 2.70. The van der Waals surface area contributed by atoms with Crippen LogP contribution in [0.2, 0.25) is 0 Å². The molecule has 0 amide bonds. The predicted molar refractivity (Wildman–Crippen MR) is 76.9 cm³/mol. The minimum Gasteiger partial charge on any atom is -0.423 e. The number of hydrogen-bond acceptors (Lipinski definition) is 2. The molecule has 0 spiro atoms. The van der Waals surface area contributed by atoms with Crippen LogP contribution >= 0.6 is 0 Å². The van der Waals surface area contributed by atoms with Crippen LogP contribution in [0.15, 0.2) is 60.2 Å². The molecule has 19 heavy (non-hydrogen) atoms. The molecular formula is C17H16O2. The Hall–Kier alpha value is -2.35. The van der Waals surface area contributed by atoms with Crippen molar-refractivity contribution in [1.29, 1.82) is 0 Å². The molecule has 2 aromatic carbocycles. The van der Waals surface area contributed by atoms with Gasteiger partial charge in [-0.05, 0) is 37.6 Å². The molecule has 2 nitrogen and oxygen atoms in total. The van der Waals surface area contributed by atoms with Crippen molar-refractivity contribution in [3.63, 3.8) is 0 Å². The van der Waals surface area contributed by atoms with E-state index in [-0.39, 0.29) is 5.97 Å². The van der Waals surface area contributed by atoms with E-state index in [1.54, 1.807) is 19.1 Å². The normalized spacial score (nSPS) is 11.2. The lowest BCUT2D eigenvalue weighted by Gasteiger charge is -2.05. The second kappa shape index (κ2) is 6.01. The Morgan fingerprint density at radius 2 is 1.63 bits per heavy atom. The fourth-order valence-electron chi connectivity index (χ4n) is 1.65. The molecule has 0 aliphatic rings. The molecule has 2 rings (SSSR count). The fourth-order valence-corrected chi connectivity index (χ4v) is 1.65. The van der Waals surface area contributed by atoms with E-state index in [4.69, 9.17) is 4.74 Å². The number of rotatable bonds is 3. The Balaban J connectivity index is 2.07. The average molecular weight is 252 g/mol. The Bertz CT molecular complexity index is 580. The van der Waals surface area contributed by atoms with Gasteiger partial charge in [-0.15, -0.1) is 0 Å². The summed E-state index contributed by atoms with van der Waals surface area (Å²) in [6.07, 6.45) is 1.82. The highest BCUT2D eigenvalue weighted by molar-refractivity contribution is 5.94. The highest BCUT2D eigenvalue weighted by Crippen LogP contribution is 2.14. The second-order valence-corrected chi connectivity index (χ2v) is 4.44. The summed E-state index contributed by atoms with van der Waals surface area (Å²) < 4.78 is 5.30. The van der Waals surface area contributed by atoms with Crippen LogP contribution in [0.25, 0.3) is 6.08 Å². The van der Waals surface area contributed by atoms with Gasteiger partial charge in [-0.25, -0.2) is 4.79 Å². The zero-order chi connectivity index (χ0) is 13.7. The summed E-state index contributed by atoms with van der Waals surface area (Å²) in [6, 6.07) is 17.1. The smallest absolute Gasteiger partial charge is 0.339 e. The van der Waals surface area contributed by atoms with Crippen molar-refractivity contribution in [2.24, 2.45) is 0 Å². The van der Waals surface area contributed by atoms with Gasteiger partial charge in [-0.2, -0.15) is 0 Å². The van der Waals surface area contributed by atoms with Gasteiger partial charge in [0.15, 0.2) is 0 Å². The largest absolute Gasteiger partial charge is 0.423 e. The lowest BCUT2D eigenvalue weighted by molar-refractivity contribution is -0.130. The van der Waals surface area contributed by atoms with Gasteiger partial charge < -0.3 is 4.74 Å². The van der Waals surface area contributed by atoms with Gasteiger partial charge in [0.05, 0.1) is 0 Å². The number of benzene rings is 2. The van der Waals surface area contributed by atoms with Crippen molar-refractivity contribution >= 4 is 12.0 Å². The quantitative estimate of drug-likeness (QED) is 0.469. The zero-order valence-electron chi connectivity index (χ0n) is 11.1. The van der Waals surface area contributed by atoms with Gasteiger partial charge in [0.25, 0.3) is 0 Å². The van der Waals surface area contributed by atoms with Gasteiger partial charge in [0.2, 0.25) is 0 Å². The lowest BCUT2D eigenvalue weighted by Crippen LogP contribution is -2.08. The summed E-state index contributed by atoms with van der Waals surface area (Å²) in [6.45, 7) is 3.75. The van der Waals surface area contributed by atoms with E-state index >= 15 is 0 Å². The van der Waals surface area contributed by atoms with Crippen molar-refractivity contribution in [2.75, 3.05) is 0 Å². The summed E-state index contributed by atoms with van der Waals surface area (Å²) >= 11 is 0. The second-order valence-electron chi connectivity index (χ2n) is 4.44. The molecule has 0 aliphatic heterocycles. The topological polar surface area (TPSA) is 26.3 Å². The maximum absolute atomic E-state index is 11.9. The summed E-state index contributed by atoms with van der Waals surface area (Å²) in [5.74, 6) is 0.240. The molecule has 0 bridgehead atoms. The van der Waals surface area contributed by atoms with Crippen LogP contribution in [0.5, 0.6) is 5.75 Å². The number of ether oxygens (including phenoxy) is 1. The first-order chi connectivity index (χ1) is 9.15. The first-order valence-electron chi connectivity index (χ1n) is 6.17. The molecule has 0 heterocycles. The van der Waals surface area contributed by atoms with Gasteiger partial charge >= 0.3 is 5.97 Å². The van der Waals surface area contributed by atoms with Crippen molar-refractivity contribution in [2.45, 2.75) is 13.8 Å². The van der Waals surface area contributed by atoms with Crippen LogP contribution in [0, 0.1) is 6.92 Å². The number of aryl methyl sites for hydroxylation is 1.